The average molecular weight is 308 g/mol. The van der Waals surface area contributed by atoms with Gasteiger partial charge in [0.2, 0.25) is 0 Å². The molecule has 1 fully saturated rings. The van der Waals surface area contributed by atoms with Gasteiger partial charge in [-0.15, -0.1) is 0 Å². The van der Waals surface area contributed by atoms with Gasteiger partial charge in [0.1, 0.15) is 18.0 Å². The molecule has 0 saturated heterocycles. The molecule has 1 aromatic heterocycles. The molecule has 1 aliphatic carbocycles. The van der Waals surface area contributed by atoms with Gasteiger partial charge in [-0.1, -0.05) is 20.8 Å². The summed E-state index contributed by atoms with van der Waals surface area (Å²) in [5.41, 5.74) is 1.21. The third-order valence-electron chi connectivity index (χ3n) is 3.93. The van der Waals surface area contributed by atoms with E-state index >= 15 is 0 Å². The summed E-state index contributed by atoms with van der Waals surface area (Å²) in [5, 5.41) is 7.84. The number of rotatable bonds is 7. The van der Waals surface area contributed by atoms with Crippen molar-refractivity contribution in [2.45, 2.75) is 64.2 Å². The van der Waals surface area contributed by atoms with E-state index in [4.69, 9.17) is 0 Å². The Hall–Kier alpha value is -0.970. The van der Waals surface area contributed by atoms with Gasteiger partial charge in [-0.05, 0) is 37.9 Å². The predicted octanol–water partition coefficient (Wildman–Crippen LogP) is 4.12. The fourth-order valence-corrected chi connectivity index (χ4v) is 4.16. The summed E-state index contributed by atoms with van der Waals surface area (Å²) in [4.78, 5) is 8.91. The standard InChI is InChI=1S/C16H28N4S/c1-5-17-15-14(11(3)4)16(19-10-18-15)20-12-7-8-13(9-12)21-6-2/h10-13H,5-9H2,1-4H3,(H2,17,18,19,20). The van der Waals surface area contributed by atoms with Crippen LogP contribution in [-0.4, -0.2) is 33.6 Å². The van der Waals surface area contributed by atoms with Crippen LogP contribution in [0.1, 0.15) is 58.4 Å². The van der Waals surface area contributed by atoms with Crippen LogP contribution in [0.15, 0.2) is 6.33 Å². The normalized spacial score (nSPS) is 21.8. The van der Waals surface area contributed by atoms with Crippen molar-refractivity contribution in [2.75, 3.05) is 22.9 Å². The van der Waals surface area contributed by atoms with E-state index in [1.807, 2.05) is 0 Å². The largest absolute Gasteiger partial charge is 0.370 e. The summed E-state index contributed by atoms with van der Waals surface area (Å²) in [6, 6.07) is 0.552. The maximum atomic E-state index is 4.51. The Morgan fingerprint density at radius 3 is 2.67 bits per heavy atom. The van der Waals surface area contributed by atoms with Crippen LogP contribution in [0.5, 0.6) is 0 Å². The zero-order valence-electron chi connectivity index (χ0n) is 13.6. The Balaban J connectivity index is 2.11. The van der Waals surface area contributed by atoms with Gasteiger partial charge >= 0.3 is 0 Å². The first kappa shape index (κ1) is 16.4. The Morgan fingerprint density at radius 2 is 2.00 bits per heavy atom. The molecule has 118 valence electrons. The van der Waals surface area contributed by atoms with Gasteiger partial charge in [0, 0.05) is 23.4 Å². The fourth-order valence-electron chi connectivity index (χ4n) is 3.02. The van der Waals surface area contributed by atoms with Gasteiger partial charge < -0.3 is 10.6 Å². The van der Waals surface area contributed by atoms with E-state index in [0.717, 1.165) is 23.4 Å². The van der Waals surface area contributed by atoms with Crippen molar-refractivity contribution in [3.05, 3.63) is 11.9 Å². The van der Waals surface area contributed by atoms with Crippen molar-refractivity contribution in [3.63, 3.8) is 0 Å². The van der Waals surface area contributed by atoms with E-state index < -0.39 is 0 Å². The monoisotopic (exact) mass is 308 g/mol. The number of hydrogen-bond acceptors (Lipinski definition) is 5. The van der Waals surface area contributed by atoms with Gasteiger partial charge in [-0.2, -0.15) is 11.8 Å². The van der Waals surface area contributed by atoms with Crippen molar-refractivity contribution in [1.29, 1.82) is 0 Å². The Morgan fingerprint density at radius 1 is 1.24 bits per heavy atom. The molecule has 1 saturated carbocycles. The highest BCUT2D eigenvalue weighted by Gasteiger charge is 2.26. The van der Waals surface area contributed by atoms with Crippen LogP contribution in [0.2, 0.25) is 0 Å². The zero-order chi connectivity index (χ0) is 15.2. The molecular formula is C16H28N4S. The minimum Gasteiger partial charge on any atom is -0.370 e. The molecule has 0 spiro atoms. The maximum absolute atomic E-state index is 4.51. The topological polar surface area (TPSA) is 49.8 Å². The minimum absolute atomic E-state index is 0.407. The maximum Gasteiger partial charge on any atom is 0.135 e. The Labute approximate surface area is 132 Å². The molecule has 1 aromatic rings. The number of thioether (sulfide) groups is 1. The highest BCUT2D eigenvalue weighted by atomic mass is 32.2. The van der Waals surface area contributed by atoms with E-state index in [1.54, 1.807) is 6.33 Å². The lowest BCUT2D eigenvalue weighted by Crippen LogP contribution is -2.19. The number of hydrogen-bond donors (Lipinski definition) is 2. The van der Waals surface area contributed by atoms with Gasteiger partial charge in [0.05, 0.1) is 0 Å². The quantitative estimate of drug-likeness (QED) is 0.793. The summed E-state index contributed by atoms with van der Waals surface area (Å²) >= 11 is 2.09. The molecule has 2 unspecified atom stereocenters. The molecule has 2 rings (SSSR count). The molecule has 4 nitrogen and oxygen atoms in total. The summed E-state index contributed by atoms with van der Waals surface area (Å²) in [6.45, 7) is 9.64. The number of nitrogens with zero attached hydrogens (tertiary/aromatic N) is 2. The second-order valence-corrected chi connectivity index (χ2v) is 7.48. The van der Waals surface area contributed by atoms with E-state index in [-0.39, 0.29) is 0 Å². The fraction of sp³-hybridized carbons (Fsp3) is 0.750. The first-order chi connectivity index (χ1) is 10.2. The molecule has 2 atom stereocenters. The molecule has 21 heavy (non-hydrogen) atoms. The van der Waals surface area contributed by atoms with Crippen LogP contribution < -0.4 is 10.6 Å². The van der Waals surface area contributed by atoms with Gasteiger partial charge in [0.25, 0.3) is 0 Å². The summed E-state index contributed by atoms with van der Waals surface area (Å²) in [6.07, 6.45) is 5.48. The van der Waals surface area contributed by atoms with Crippen molar-refractivity contribution in [1.82, 2.24) is 9.97 Å². The highest BCUT2D eigenvalue weighted by Crippen LogP contribution is 2.34. The summed E-state index contributed by atoms with van der Waals surface area (Å²) < 4.78 is 0. The van der Waals surface area contributed by atoms with Crippen molar-refractivity contribution >= 4 is 23.4 Å². The van der Waals surface area contributed by atoms with E-state index in [9.17, 15) is 0 Å². The van der Waals surface area contributed by atoms with Gasteiger partial charge in [-0.25, -0.2) is 9.97 Å². The predicted molar refractivity (Wildman–Crippen MR) is 93.5 cm³/mol. The first-order valence-corrected chi connectivity index (χ1v) is 9.17. The molecule has 1 heterocycles. The molecule has 0 bridgehead atoms. The lowest BCUT2D eigenvalue weighted by molar-refractivity contribution is 0.741. The van der Waals surface area contributed by atoms with Crippen molar-refractivity contribution in [2.24, 2.45) is 0 Å². The van der Waals surface area contributed by atoms with Crippen LogP contribution in [0.3, 0.4) is 0 Å². The third kappa shape index (κ3) is 4.25. The van der Waals surface area contributed by atoms with Gasteiger partial charge in [-0.3, -0.25) is 0 Å². The molecule has 5 heteroatoms. The third-order valence-corrected chi connectivity index (χ3v) is 5.17. The second-order valence-electron chi connectivity index (χ2n) is 5.90. The van der Waals surface area contributed by atoms with Gasteiger partial charge in [0.15, 0.2) is 0 Å². The molecule has 0 radical (unpaired) electrons. The first-order valence-electron chi connectivity index (χ1n) is 8.12. The summed E-state index contributed by atoms with van der Waals surface area (Å²) in [5.74, 6) is 3.61. The van der Waals surface area contributed by atoms with E-state index in [0.29, 0.717) is 12.0 Å². The zero-order valence-corrected chi connectivity index (χ0v) is 14.5. The van der Waals surface area contributed by atoms with Crippen molar-refractivity contribution < 1.29 is 0 Å². The molecule has 1 aliphatic rings. The molecule has 2 N–H and O–H groups in total. The number of anilines is 2. The minimum atomic E-state index is 0.407. The molecular weight excluding hydrogens is 280 g/mol. The SMILES string of the molecule is CCNc1ncnc(NC2CCC(SCC)C2)c1C(C)C. The van der Waals surface area contributed by atoms with Crippen LogP contribution in [0.25, 0.3) is 0 Å². The summed E-state index contributed by atoms with van der Waals surface area (Å²) in [7, 11) is 0. The molecule has 0 amide bonds. The van der Waals surface area contributed by atoms with E-state index in [1.165, 1.54) is 30.6 Å². The van der Waals surface area contributed by atoms with Crippen LogP contribution in [0, 0.1) is 0 Å². The lowest BCUT2D eigenvalue weighted by Gasteiger charge is -2.20. The van der Waals surface area contributed by atoms with E-state index in [2.05, 4.69) is 60.1 Å². The Bertz CT molecular complexity index is 450. The van der Waals surface area contributed by atoms with Crippen LogP contribution in [0.4, 0.5) is 11.6 Å². The second kappa shape index (κ2) is 7.87. The smallest absolute Gasteiger partial charge is 0.135 e. The lowest BCUT2D eigenvalue weighted by atomic mass is 10.0. The number of nitrogens with one attached hydrogen (secondary N) is 2. The van der Waals surface area contributed by atoms with Crippen LogP contribution >= 0.6 is 11.8 Å². The molecule has 0 aromatic carbocycles. The van der Waals surface area contributed by atoms with Crippen molar-refractivity contribution in [3.8, 4) is 0 Å². The molecule has 0 aliphatic heterocycles. The van der Waals surface area contributed by atoms with Crippen LogP contribution in [-0.2, 0) is 0 Å². The Kier molecular flexibility index (Phi) is 6.15. The highest BCUT2D eigenvalue weighted by molar-refractivity contribution is 7.99. The number of aromatic nitrogens is 2. The average Bonchev–Trinajstić information content (AvgIpc) is 2.87.